The molecule has 1 aliphatic carbocycles. The quantitative estimate of drug-likeness (QED) is 0.873. The molecule has 0 bridgehead atoms. The Morgan fingerprint density at radius 1 is 1.33 bits per heavy atom. The van der Waals surface area contributed by atoms with E-state index < -0.39 is 0 Å². The minimum atomic E-state index is -0.103. The molecule has 4 heteroatoms. The summed E-state index contributed by atoms with van der Waals surface area (Å²) in [6, 6.07) is 0.229. The third kappa shape index (κ3) is 3.67. The lowest BCUT2D eigenvalue weighted by Crippen LogP contribution is -2.49. The average molecular weight is 293 g/mol. The monoisotopic (exact) mass is 293 g/mol. The molecule has 4 nitrogen and oxygen atoms in total. The van der Waals surface area contributed by atoms with E-state index in [1.54, 1.807) is 0 Å². The fourth-order valence-corrected chi connectivity index (χ4v) is 3.45. The summed E-state index contributed by atoms with van der Waals surface area (Å²) < 4.78 is 7.98. The van der Waals surface area contributed by atoms with Crippen molar-refractivity contribution in [2.75, 3.05) is 13.7 Å². The lowest BCUT2D eigenvalue weighted by atomic mass is 9.67. The Hall–Kier alpha value is -0.870. The van der Waals surface area contributed by atoms with E-state index in [4.69, 9.17) is 4.74 Å². The zero-order chi connectivity index (χ0) is 15.5. The number of hydrogen-bond acceptors (Lipinski definition) is 3. The predicted octanol–water partition coefficient (Wildman–Crippen LogP) is 3.45. The van der Waals surface area contributed by atoms with Crippen LogP contribution in [0.15, 0.2) is 12.4 Å². The summed E-state index contributed by atoms with van der Waals surface area (Å²) in [5, 5.41) is 8.07. The maximum absolute atomic E-state index is 6.10. The zero-order valence-corrected chi connectivity index (χ0v) is 14.3. The molecule has 1 unspecified atom stereocenters. The highest BCUT2D eigenvalue weighted by Crippen LogP contribution is 2.47. The van der Waals surface area contributed by atoms with Gasteiger partial charge in [0.25, 0.3) is 0 Å². The highest BCUT2D eigenvalue weighted by Gasteiger charge is 2.45. The van der Waals surface area contributed by atoms with Crippen molar-refractivity contribution < 1.29 is 4.74 Å². The summed E-state index contributed by atoms with van der Waals surface area (Å²) in [6.45, 7) is 7.95. The molecule has 0 spiro atoms. The van der Waals surface area contributed by atoms with Crippen LogP contribution in [0.1, 0.15) is 64.5 Å². The van der Waals surface area contributed by atoms with Crippen molar-refractivity contribution in [3.63, 3.8) is 0 Å². The zero-order valence-electron chi connectivity index (χ0n) is 14.3. The molecule has 0 saturated heterocycles. The second-order valence-corrected chi connectivity index (χ2v) is 7.27. The van der Waals surface area contributed by atoms with Crippen LogP contribution in [0.4, 0.5) is 0 Å². The minimum Gasteiger partial charge on any atom is -0.376 e. The number of rotatable bonds is 6. The third-order valence-electron chi connectivity index (χ3n) is 5.04. The molecule has 1 aromatic rings. The number of nitrogens with zero attached hydrogens (tertiary/aromatic N) is 2. The highest BCUT2D eigenvalue weighted by atomic mass is 16.5. The normalized spacial score (nSPS) is 22.1. The molecule has 0 aromatic carbocycles. The number of nitrogens with one attached hydrogen (secondary N) is 1. The Kier molecular flexibility index (Phi) is 5.10. The second-order valence-electron chi connectivity index (χ2n) is 7.27. The SMILES string of the molecule is CCCNC(c1cnn(C)c1)C1(OC)CCC(C)(C)CC1. The van der Waals surface area contributed by atoms with Crippen molar-refractivity contribution in [1.82, 2.24) is 15.1 Å². The molecule has 1 saturated carbocycles. The molecule has 0 radical (unpaired) electrons. The van der Waals surface area contributed by atoms with Gasteiger partial charge in [-0.3, -0.25) is 4.68 Å². The first-order chi connectivity index (χ1) is 9.92. The fraction of sp³-hybridized carbons (Fsp3) is 0.824. The molecule has 1 aliphatic rings. The van der Waals surface area contributed by atoms with Crippen molar-refractivity contribution in [2.45, 2.75) is 64.5 Å². The number of aryl methyl sites for hydroxylation is 1. The molecular weight excluding hydrogens is 262 g/mol. The minimum absolute atomic E-state index is 0.103. The maximum Gasteiger partial charge on any atom is 0.0874 e. The lowest BCUT2D eigenvalue weighted by molar-refractivity contribution is -0.0876. The van der Waals surface area contributed by atoms with Crippen LogP contribution < -0.4 is 5.32 Å². The summed E-state index contributed by atoms with van der Waals surface area (Å²) in [5.74, 6) is 0. The number of hydrogen-bond donors (Lipinski definition) is 1. The van der Waals surface area contributed by atoms with E-state index in [0.29, 0.717) is 5.41 Å². The van der Waals surface area contributed by atoms with Crippen LogP contribution in [0.3, 0.4) is 0 Å². The van der Waals surface area contributed by atoms with E-state index in [1.807, 2.05) is 25.0 Å². The van der Waals surface area contributed by atoms with Crippen LogP contribution in [0, 0.1) is 5.41 Å². The number of ether oxygens (including phenoxy) is 1. The predicted molar refractivity (Wildman–Crippen MR) is 86.2 cm³/mol. The Morgan fingerprint density at radius 2 is 2.00 bits per heavy atom. The first kappa shape index (κ1) is 16.5. The molecule has 1 N–H and O–H groups in total. The van der Waals surface area contributed by atoms with Gasteiger partial charge >= 0.3 is 0 Å². The van der Waals surface area contributed by atoms with Gasteiger partial charge in [-0.15, -0.1) is 0 Å². The smallest absolute Gasteiger partial charge is 0.0874 e. The summed E-state index contributed by atoms with van der Waals surface area (Å²) in [7, 11) is 3.85. The summed E-state index contributed by atoms with van der Waals surface area (Å²) in [5.41, 5.74) is 1.58. The molecule has 1 atom stereocenters. The number of methoxy groups -OCH3 is 1. The van der Waals surface area contributed by atoms with E-state index in [1.165, 1.54) is 18.4 Å². The van der Waals surface area contributed by atoms with Gasteiger partial charge in [0.2, 0.25) is 0 Å². The van der Waals surface area contributed by atoms with Gasteiger partial charge in [0.05, 0.1) is 17.8 Å². The van der Waals surface area contributed by atoms with Crippen LogP contribution in [-0.4, -0.2) is 29.0 Å². The highest BCUT2D eigenvalue weighted by molar-refractivity contribution is 5.17. The van der Waals surface area contributed by atoms with Crippen LogP contribution >= 0.6 is 0 Å². The maximum atomic E-state index is 6.10. The number of aromatic nitrogens is 2. The Balaban J connectivity index is 2.25. The van der Waals surface area contributed by atoms with E-state index >= 15 is 0 Å². The fourth-order valence-electron chi connectivity index (χ4n) is 3.45. The van der Waals surface area contributed by atoms with Gasteiger partial charge in [0.15, 0.2) is 0 Å². The Morgan fingerprint density at radius 3 is 2.48 bits per heavy atom. The molecule has 0 aliphatic heterocycles. The van der Waals surface area contributed by atoms with E-state index in [0.717, 1.165) is 25.8 Å². The van der Waals surface area contributed by atoms with Crippen LogP contribution in [-0.2, 0) is 11.8 Å². The summed E-state index contributed by atoms with van der Waals surface area (Å²) in [4.78, 5) is 0. The van der Waals surface area contributed by atoms with Gasteiger partial charge in [-0.05, 0) is 44.1 Å². The Labute approximate surface area is 129 Å². The molecule has 1 aromatic heterocycles. The average Bonchev–Trinajstić information content (AvgIpc) is 2.87. The first-order valence-corrected chi connectivity index (χ1v) is 8.19. The van der Waals surface area contributed by atoms with Crippen molar-refractivity contribution in [3.05, 3.63) is 18.0 Å². The van der Waals surface area contributed by atoms with Gasteiger partial charge < -0.3 is 10.1 Å². The van der Waals surface area contributed by atoms with E-state index in [-0.39, 0.29) is 11.6 Å². The summed E-state index contributed by atoms with van der Waals surface area (Å²) >= 11 is 0. The van der Waals surface area contributed by atoms with Crippen LogP contribution in [0.2, 0.25) is 0 Å². The van der Waals surface area contributed by atoms with Gasteiger partial charge in [-0.1, -0.05) is 20.8 Å². The second kappa shape index (κ2) is 6.49. The summed E-state index contributed by atoms with van der Waals surface area (Å²) in [6.07, 6.45) is 9.86. The molecular formula is C17H31N3O. The first-order valence-electron chi connectivity index (χ1n) is 8.19. The molecule has 1 fully saturated rings. The van der Waals surface area contributed by atoms with Crippen LogP contribution in [0.5, 0.6) is 0 Å². The molecule has 21 heavy (non-hydrogen) atoms. The van der Waals surface area contributed by atoms with Crippen LogP contribution in [0.25, 0.3) is 0 Å². The molecule has 0 amide bonds. The molecule has 1 heterocycles. The standard InChI is InChI=1S/C17H31N3O/c1-6-11-18-15(14-12-19-20(4)13-14)17(21-5)9-7-16(2,3)8-10-17/h12-13,15,18H,6-11H2,1-5H3. The van der Waals surface area contributed by atoms with E-state index in [9.17, 15) is 0 Å². The third-order valence-corrected chi connectivity index (χ3v) is 5.04. The topological polar surface area (TPSA) is 39.1 Å². The molecule has 120 valence electrons. The van der Waals surface area contributed by atoms with E-state index in [2.05, 4.69) is 37.4 Å². The lowest BCUT2D eigenvalue weighted by Gasteiger charge is -2.47. The largest absolute Gasteiger partial charge is 0.376 e. The van der Waals surface area contributed by atoms with Crippen molar-refractivity contribution >= 4 is 0 Å². The van der Waals surface area contributed by atoms with Gasteiger partial charge in [0.1, 0.15) is 0 Å². The molecule has 2 rings (SSSR count). The van der Waals surface area contributed by atoms with Crippen molar-refractivity contribution in [3.8, 4) is 0 Å². The van der Waals surface area contributed by atoms with Gasteiger partial charge in [0, 0.05) is 25.9 Å². The van der Waals surface area contributed by atoms with Crippen molar-refractivity contribution in [1.29, 1.82) is 0 Å². The Bertz CT molecular complexity index is 443. The van der Waals surface area contributed by atoms with Gasteiger partial charge in [-0.25, -0.2) is 0 Å². The van der Waals surface area contributed by atoms with Gasteiger partial charge in [-0.2, -0.15) is 5.10 Å². The van der Waals surface area contributed by atoms with Crippen molar-refractivity contribution in [2.24, 2.45) is 12.5 Å².